The van der Waals surface area contributed by atoms with Crippen molar-refractivity contribution in [2.45, 2.75) is 44.1 Å². The first-order valence-electron chi connectivity index (χ1n) is 9.73. The number of hydrogen-bond donors (Lipinski definition) is 1. The Morgan fingerprint density at radius 2 is 1.77 bits per heavy atom. The molecule has 1 N–H and O–H groups in total. The van der Waals surface area contributed by atoms with Gasteiger partial charge in [0.05, 0.1) is 38.6 Å². The molecule has 1 aromatic carbocycles. The molecule has 6 nitrogen and oxygen atoms in total. The molecule has 1 aromatic rings. The van der Waals surface area contributed by atoms with Crippen molar-refractivity contribution in [1.82, 2.24) is 15.1 Å². The fourth-order valence-electron chi connectivity index (χ4n) is 4.56. The van der Waals surface area contributed by atoms with Crippen LogP contribution in [0.1, 0.15) is 31.4 Å². The second kappa shape index (κ2) is 8.05. The van der Waals surface area contributed by atoms with Crippen LogP contribution in [0, 0.1) is 0 Å². The minimum atomic E-state index is 0.0606. The zero-order valence-electron chi connectivity index (χ0n) is 15.5. The van der Waals surface area contributed by atoms with Gasteiger partial charge in [-0.3, -0.25) is 14.6 Å². The Bertz CT molecular complexity index is 612. The molecule has 26 heavy (non-hydrogen) atoms. The van der Waals surface area contributed by atoms with Crippen LogP contribution in [-0.4, -0.2) is 73.5 Å². The average molecular weight is 359 g/mol. The lowest BCUT2D eigenvalue weighted by Gasteiger charge is -2.47. The number of carbonyl (C=O) groups is 1. The zero-order valence-corrected chi connectivity index (χ0v) is 15.5. The molecule has 3 aliphatic heterocycles. The number of amides is 1. The number of nitrogens with one attached hydrogen (secondary N) is 1. The largest absolute Gasteiger partial charge is 0.379 e. The van der Waals surface area contributed by atoms with Gasteiger partial charge in [0.2, 0.25) is 5.91 Å². The molecule has 0 saturated carbocycles. The van der Waals surface area contributed by atoms with E-state index in [2.05, 4.69) is 46.3 Å². The Morgan fingerprint density at radius 3 is 2.54 bits per heavy atom. The third-order valence-electron chi connectivity index (χ3n) is 5.89. The summed E-state index contributed by atoms with van der Waals surface area (Å²) in [6.45, 7) is 6.86. The number of ether oxygens (including phenoxy) is 2. The molecule has 3 heterocycles. The lowest BCUT2D eigenvalue weighted by Crippen LogP contribution is -2.61. The van der Waals surface area contributed by atoms with E-state index in [0.717, 1.165) is 32.7 Å². The Balaban J connectivity index is 1.52. The van der Waals surface area contributed by atoms with E-state index in [4.69, 9.17) is 9.47 Å². The predicted octanol–water partition coefficient (Wildman–Crippen LogP) is 1.39. The van der Waals surface area contributed by atoms with Crippen LogP contribution in [0.5, 0.6) is 0 Å². The van der Waals surface area contributed by atoms with E-state index in [9.17, 15) is 4.79 Å². The smallest absolute Gasteiger partial charge is 0.222 e. The highest BCUT2D eigenvalue weighted by atomic mass is 16.5. The van der Waals surface area contributed by atoms with Gasteiger partial charge in [0, 0.05) is 31.6 Å². The summed E-state index contributed by atoms with van der Waals surface area (Å²) in [5.41, 5.74) is 1.25. The summed E-state index contributed by atoms with van der Waals surface area (Å²) >= 11 is 0. The van der Waals surface area contributed by atoms with Crippen molar-refractivity contribution >= 4 is 5.91 Å². The number of piperidine rings is 1. The Hall–Kier alpha value is -1.47. The molecule has 3 fully saturated rings. The summed E-state index contributed by atoms with van der Waals surface area (Å²) in [7, 11) is 0. The molecule has 1 amide bonds. The van der Waals surface area contributed by atoms with Crippen LogP contribution in [0.2, 0.25) is 0 Å². The molecule has 3 saturated heterocycles. The molecule has 3 aliphatic rings. The van der Waals surface area contributed by atoms with Gasteiger partial charge in [-0.1, -0.05) is 30.3 Å². The van der Waals surface area contributed by atoms with Crippen molar-refractivity contribution < 1.29 is 14.3 Å². The van der Waals surface area contributed by atoms with E-state index in [-0.39, 0.29) is 24.2 Å². The number of carbonyl (C=O) groups excluding carboxylic acids is 1. The van der Waals surface area contributed by atoms with Crippen molar-refractivity contribution in [2.24, 2.45) is 0 Å². The van der Waals surface area contributed by atoms with Crippen LogP contribution >= 0.6 is 0 Å². The predicted molar refractivity (Wildman–Crippen MR) is 98.6 cm³/mol. The monoisotopic (exact) mass is 359 g/mol. The highest BCUT2D eigenvalue weighted by Gasteiger charge is 2.39. The molecule has 0 aromatic heterocycles. The first-order valence-corrected chi connectivity index (χ1v) is 9.73. The van der Waals surface area contributed by atoms with Crippen molar-refractivity contribution in [3.63, 3.8) is 0 Å². The lowest BCUT2D eigenvalue weighted by atomic mass is 9.96. The number of morpholine rings is 2. The van der Waals surface area contributed by atoms with E-state index < -0.39 is 0 Å². The van der Waals surface area contributed by atoms with Gasteiger partial charge < -0.3 is 14.8 Å². The molecule has 2 unspecified atom stereocenters. The van der Waals surface area contributed by atoms with Gasteiger partial charge in [0.25, 0.3) is 0 Å². The minimum Gasteiger partial charge on any atom is -0.379 e. The number of rotatable bonds is 3. The summed E-state index contributed by atoms with van der Waals surface area (Å²) in [5, 5.41) is 3.24. The van der Waals surface area contributed by atoms with Crippen molar-refractivity contribution in [3.8, 4) is 0 Å². The van der Waals surface area contributed by atoms with Gasteiger partial charge in [-0.05, 0) is 18.9 Å². The van der Waals surface area contributed by atoms with E-state index in [1.807, 2.05) is 6.07 Å². The van der Waals surface area contributed by atoms with Crippen LogP contribution in [-0.2, 0) is 14.3 Å². The van der Waals surface area contributed by atoms with Gasteiger partial charge in [0.1, 0.15) is 0 Å². The minimum absolute atomic E-state index is 0.0606. The summed E-state index contributed by atoms with van der Waals surface area (Å²) in [6.07, 6.45) is 1.60. The molecular formula is C20H29N3O3. The highest BCUT2D eigenvalue weighted by Crippen LogP contribution is 2.30. The standard InChI is InChI=1S/C20H29N3O3/c1-15-13-25-9-7-22(15)17-11-19(21-20(24)12-17)23-8-10-26-14-18(23)16-5-3-2-4-6-16/h2-6,15,17-19H,7-14H2,1H3,(H,21,24)/t15-,17?,18-,19?/m1/s1. The van der Waals surface area contributed by atoms with Gasteiger partial charge in [-0.2, -0.15) is 0 Å². The molecule has 6 heteroatoms. The van der Waals surface area contributed by atoms with Crippen LogP contribution < -0.4 is 5.32 Å². The molecule has 4 atom stereocenters. The van der Waals surface area contributed by atoms with Gasteiger partial charge >= 0.3 is 0 Å². The van der Waals surface area contributed by atoms with Crippen LogP contribution in [0.15, 0.2) is 30.3 Å². The summed E-state index contributed by atoms with van der Waals surface area (Å²) in [6, 6.07) is 11.3. The zero-order chi connectivity index (χ0) is 17.9. The van der Waals surface area contributed by atoms with Crippen LogP contribution in [0.25, 0.3) is 0 Å². The second-order valence-electron chi connectivity index (χ2n) is 7.58. The maximum absolute atomic E-state index is 12.5. The Morgan fingerprint density at radius 1 is 1.04 bits per heavy atom. The fourth-order valence-corrected chi connectivity index (χ4v) is 4.56. The molecular weight excluding hydrogens is 330 g/mol. The second-order valence-corrected chi connectivity index (χ2v) is 7.58. The molecule has 0 bridgehead atoms. The average Bonchev–Trinajstić information content (AvgIpc) is 2.68. The van der Waals surface area contributed by atoms with Gasteiger partial charge in [0.15, 0.2) is 0 Å². The van der Waals surface area contributed by atoms with Crippen molar-refractivity contribution in [3.05, 3.63) is 35.9 Å². The van der Waals surface area contributed by atoms with E-state index in [1.54, 1.807) is 0 Å². The third-order valence-corrected chi connectivity index (χ3v) is 5.89. The molecule has 142 valence electrons. The van der Waals surface area contributed by atoms with Crippen molar-refractivity contribution in [2.75, 3.05) is 39.5 Å². The van der Waals surface area contributed by atoms with E-state index >= 15 is 0 Å². The Kier molecular flexibility index (Phi) is 5.55. The lowest BCUT2D eigenvalue weighted by molar-refractivity contribution is -0.133. The number of nitrogens with zero attached hydrogens (tertiary/aromatic N) is 2. The molecule has 4 rings (SSSR count). The first kappa shape index (κ1) is 17.9. The Labute approximate surface area is 155 Å². The van der Waals surface area contributed by atoms with Gasteiger partial charge in [-0.25, -0.2) is 0 Å². The SMILES string of the molecule is C[C@@H]1COCCN1C1CC(=O)NC(N2CCOC[C@@H]2c2ccccc2)C1. The fraction of sp³-hybridized carbons (Fsp3) is 0.650. The topological polar surface area (TPSA) is 54.0 Å². The first-order chi connectivity index (χ1) is 12.7. The summed E-state index contributed by atoms with van der Waals surface area (Å²) < 4.78 is 11.3. The van der Waals surface area contributed by atoms with Crippen molar-refractivity contribution in [1.29, 1.82) is 0 Å². The maximum atomic E-state index is 12.5. The molecule has 0 radical (unpaired) electrons. The number of benzene rings is 1. The summed E-state index contributed by atoms with van der Waals surface area (Å²) in [4.78, 5) is 17.4. The van der Waals surface area contributed by atoms with Gasteiger partial charge in [-0.15, -0.1) is 0 Å². The highest BCUT2D eigenvalue weighted by molar-refractivity contribution is 5.77. The third kappa shape index (κ3) is 3.78. The number of hydrogen-bond acceptors (Lipinski definition) is 5. The van der Waals surface area contributed by atoms with Crippen LogP contribution in [0.3, 0.4) is 0 Å². The quantitative estimate of drug-likeness (QED) is 0.884. The maximum Gasteiger partial charge on any atom is 0.222 e. The van der Waals surface area contributed by atoms with Crippen LogP contribution in [0.4, 0.5) is 0 Å². The molecule has 0 aliphatic carbocycles. The molecule has 0 spiro atoms. The van der Waals surface area contributed by atoms with E-state index in [0.29, 0.717) is 25.7 Å². The normalized spacial score (nSPS) is 34.4. The van der Waals surface area contributed by atoms with E-state index in [1.165, 1.54) is 5.56 Å². The summed E-state index contributed by atoms with van der Waals surface area (Å²) in [5.74, 6) is 0.156.